The van der Waals surface area contributed by atoms with Crippen LogP contribution < -0.4 is 5.32 Å². The highest BCUT2D eigenvalue weighted by atomic mass is 79.9. The summed E-state index contributed by atoms with van der Waals surface area (Å²) in [6, 6.07) is 7.13. The Balaban J connectivity index is 0.000000661. The monoisotopic (exact) mass is 405 g/mol. The van der Waals surface area contributed by atoms with Gasteiger partial charge in [-0.25, -0.2) is 4.98 Å². The third kappa shape index (κ3) is 6.14. The number of fused-ring (bicyclic) bond motifs is 1. The van der Waals surface area contributed by atoms with Crippen molar-refractivity contribution < 1.29 is 0 Å². The van der Waals surface area contributed by atoms with Crippen LogP contribution in [0.3, 0.4) is 0 Å². The summed E-state index contributed by atoms with van der Waals surface area (Å²) in [4.78, 5) is 8.03. The molecule has 22 heavy (non-hydrogen) atoms. The van der Waals surface area contributed by atoms with E-state index in [1.54, 1.807) is 0 Å². The van der Waals surface area contributed by atoms with Gasteiger partial charge in [-0.3, -0.25) is 0 Å². The Hall–Kier alpha value is -0.170. The van der Waals surface area contributed by atoms with Crippen LogP contribution in [0.4, 0.5) is 0 Å². The Kier molecular flexibility index (Phi) is 12.2. The van der Waals surface area contributed by atoms with Crippen molar-refractivity contribution in [1.29, 1.82) is 0 Å². The zero-order chi connectivity index (χ0) is 17.1. The zero-order valence-electron chi connectivity index (χ0n) is 14.0. The Bertz CT molecular complexity index is 531. The van der Waals surface area contributed by atoms with E-state index in [2.05, 4.69) is 67.5 Å². The van der Waals surface area contributed by atoms with E-state index in [-0.39, 0.29) is 0 Å². The lowest BCUT2D eigenvalue weighted by Gasteiger charge is -2.07. The molecule has 3 rings (SSSR count). The van der Waals surface area contributed by atoms with Crippen LogP contribution in [0.15, 0.2) is 22.7 Å². The van der Waals surface area contributed by atoms with Crippen molar-refractivity contribution >= 4 is 50.3 Å². The summed E-state index contributed by atoms with van der Waals surface area (Å²) in [5, 5.41) is 3.54. The summed E-state index contributed by atoms with van der Waals surface area (Å²) < 4.78 is 1.09. The summed E-state index contributed by atoms with van der Waals surface area (Å²) in [7, 11) is 0. The summed E-state index contributed by atoms with van der Waals surface area (Å²) in [6.07, 6.45) is 2.40. The maximum atomic E-state index is 4.63. The van der Waals surface area contributed by atoms with E-state index in [1.165, 1.54) is 12.8 Å². The molecule has 0 radical (unpaired) electrons. The van der Waals surface area contributed by atoms with Crippen molar-refractivity contribution in [1.82, 2.24) is 15.3 Å². The van der Waals surface area contributed by atoms with Crippen molar-refractivity contribution in [3.8, 4) is 0 Å². The van der Waals surface area contributed by atoms with Crippen LogP contribution in [-0.4, -0.2) is 16.0 Å². The third-order valence-corrected chi connectivity index (χ3v) is 3.66. The van der Waals surface area contributed by atoms with E-state index in [9.17, 15) is 0 Å². The molecule has 3 nitrogen and oxygen atoms in total. The van der Waals surface area contributed by atoms with Gasteiger partial charge >= 0.3 is 0 Å². The lowest BCUT2D eigenvalue weighted by molar-refractivity contribution is 0.565. The molecule has 2 unspecified atom stereocenters. The van der Waals surface area contributed by atoms with Gasteiger partial charge in [0.05, 0.1) is 17.1 Å². The van der Waals surface area contributed by atoms with Crippen LogP contribution in [0.25, 0.3) is 11.0 Å². The predicted octanol–water partition coefficient (Wildman–Crippen LogP) is 5.95. The first-order valence-electron chi connectivity index (χ1n) is 7.83. The number of imidazole rings is 1. The molecule has 0 saturated carbocycles. The number of rotatable bonds is 1. The summed E-state index contributed by atoms with van der Waals surface area (Å²) in [5.74, 6) is 1.07. The van der Waals surface area contributed by atoms with Crippen molar-refractivity contribution in [2.24, 2.45) is 0 Å². The molecule has 1 aromatic carbocycles. The molecule has 1 aromatic heterocycles. The summed E-state index contributed by atoms with van der Waals surface area (Å²) >= 11 is 9.92. The van der Waals surface area contributed by atoms with Gasteiger partial charge in [-0.1, -0.05) is 43.6 Å². The fourth-order valence-electron chi connectivity index (χ4n) is 2.31. The maximum absolute atomic E-state index is 4.63. The van der Waals surface area contributed by atoms with Crippen molar-refractivity contribution in [2.75, 3.05) is 0 Å². The van der Waals surface area contributed by atoms with E-state index >= 15 is 0 Å². The van der Waals surface area contributed by atoms with Gasteiger partial charge in [-0.2, -0.15) is 0 Å². The molecule has 6 heteroatoms. The van der Waals surface area contributed by atoms with Crippen molar-refractivity contribution in [2.45, 2.75) is 59.5 Å². The Morgan fingerprint density at radius 3 is 2.32 bits per heavy atom. The van der Waals surface area contributed by atoms with E-state index in [1.807, 2.05) is 39.8 Å². The topological polar surface area (TPSA) is 40.7 Å². The highest BCUT2D eigenvalue weighted by molar-refractivity contribution is 9.10. The normalized spacial score (nSPS) is 19.3. The lowest BCUT2D eigenvalue weighted by Crippen LogP contribution is -2.21. The average Bonchev–Trinajstić information content (AvgIpc) is 3.18. The molecular weight excluding hydrogens is 378 g/mol. The molecule has 1 fully saturated rings. The van der Waals surface area contributed by atoms with Gasteiger partial charge in [0.25, 0.3) is 0 Å². The maximum Gasteiger partial charge on any atom is 0.124 e. The van der Waals surface area contributed by atoms with Crippen LogP contribution >= 0.6 is 39.3 Å². The minimum atomic E-state index is 0.390. The largest absolute Gasteiger partial charge is 0.341 e. The fourth-order valence-corrected chi connectivity index (χ4v) is 2.67. The number of hydrogen-bond donors (Lipinski definition) is 4. The SMILES string of the molecule is CC.CC.CC1CCC(c2nc3ccc(Br)cc3[nH]2)N1.SS. The second-order valence-corrected chi connectivity index (χ2v) is 5.40. The third-order valence-electron chi connectivity index (χ3n) is 3.17. The number of aromatic amines is 1. The summed E-state index contributed by atoms with van der Waals surface area (Å²) in [6.45, 7) is 10.2. The Labute approximate surface area is 153 Å². The van der Waals surface area contributed by atoms with Crippen molar-refractivity contribution in [3.63, 3.8) is 0 Å². The molecule has 1 saturated heterocycles. The van der Waals surface area contributed by atoms with Gasteiger partial charge in [-0.05, 0) is 38.0 Å². The van der Waals surface area contributed by atoms with Gasteiger partial charge in [-0.15, -0.1) is 23.3 Å². The first kappa shape index (κ1) is 21.8. The molecule has 2 heterocycles. The second-order valence-electron chi connectivity index (χ2n) is 4.48. The molecule has 0 spiro atoms. The number of halogens is 1. The van der Waals surface area contributed by atoms with E-state index in [0.29, 0.717) is 12.1 Å². The van der Waals surface area contributed by atoms with Crippen LogP contribution in [0.1, 0.15) is 59.3 Å². The van der Waals surface area contributed by atoms with Crippen LogP contribution in [-0.2, 0) is 0 Å². The molecule has 0 bridgehead atoms. The van der Waals surface area contributed by atoms with Gasteiger partial charge < -0.3 is 10.3 Å². The number of aromatic nitrogens is 2. The van der Waals surface area contributed by atoms with Crippen LogP contribution in [0.5, 0.6) is 0 Å². The quantitative estimate of drug-likeness (QED) is 0.349. The van der Waals surface area contributed by atoms with E-state index in [0.717, 1.165) is 21.3 Å². The number of thiol groups is 2. The number of benzene rings is 1. The molecule has 2 N–H and O–H groups in total. The number of nitrogens with zero attached hydrogens (tertiary/aromatic N) is 1. The summed E-state index contributed by atoms with van der Waals surface area (Å²) in [5.41, 5.74) is 2.14. The van der Waals surface area contributed by atoms with Gasteiger partial charge in [0.2, 0.25) is 0 Å². The standard InChI is InChI=1S/C12H14BrN3.2C2H6.H2S2/c1-7-2-4-10(14-7)12-15-9-5-3-8(13)6-11(9)16-12;3*1-2/h3,5-7,10,14H,2,4H2,1H3,(H,15,16);2*1-2H3;1-2H. The number of nitrogens with one attached hydrogen (secondary N) is 2. The van der Waals surface area contributed by atoms with Crippen LogP contribution in [0.2, 0.25) is 0 Å². The zero-order valence-corrected chi connectivity index (χ0v) is 17.4. The van der Waals surface area contributed by atoms with E-state index < -0.39 is 0 Å². The first-order valence-corrected chi connectivity index (χ1v) is 10.2. The molecule has 1 aliphatic heterocycles. The van der Waals surface area contributed by atoms with Gasteiger partial charge in [0.1, 0.15) is 5.82 Å². The molecule has 2 atom stereocenters. The lowest BCUT2D eigenvalue weighted by atomic mass is 10.2. The molecule has 0 aliphatic carbocycles. The minimum absolute atomic E-state index is 0.390. The predicted molar refractivity (Wildman–Crippen MR) is 109 cm³/mol. The van der Waals surface area contributed by atoms with E-state index in [4.69, 9.17) is 0 Å². The highest BCUT2D eigenvalue weighted by Gasteiger charge is 2.24. The van der Waals surface area contributed by atoms with Crippen molar-refractivity contribution in [3.05, 3.63) is 28.5 Å². The fraction of sp³-hybridized carbons (Fsp3) is 0.562. The molecule has 1 aliphatic rings. The molecule has 126 valence electrons. The number of H-pyrrole nitrogens is 1. The van der Waals surface area contributed by atoms with Gasteiger partial charge in [0.15, 0.2) is 0 Å². The number of hydrogen-bond acceptors (Lipinski definition) is 4. The molecular formula is C16H28BrN3S2. The second kappa shape index (κ2) is 12.3. The average molecular weight is 406 g/mol. The Morgan fingerprint density at radius 1 is 1.14 bits per heavy atom. The minimum Gasteiger partial charge on any atom is -0.341 e. The highest BCUT2D eigenvalue weighted by Crippen LogP contribution is 2.26. The Morgan fingerprint density at radius 2 is 1.77 bits per heavy atom. The van der Waals surface area contributed by atoms with Gasteiger partial charge in [0, 0.05) is 10.5 Å². The van der Waals surface area contributed by atoms with Crippen LogP contribution in [0, 0.1) is 0 Å². The smallest absolute Gasteiger partial charge is 0.124 e. The first-order chi connectivity index (χ1) is 10.7. The molecule has 2 aromatic rings. The molecule has 0 amide bonds.